The van der Waals surface area contributed by atoms with Crippen molar-refractivity contribution in [2.24, 2.45) is 0 Å². The zero-order valence-electron chi connectivity index (χ0n) is 12.5. The molecule has 0 spiro atoms. The van der Waals surface area contributed by atoms with E-state index in [9.17, 15) is 18.3 Å². The molecule has 0 fully saturated rings. The van der Waals surface area contributed by atoms with Gasteiger partial charge in [0.2, 0.25) is 0 Å². The van der Waals surface area contributed by atoms with E-state index in [4.69, 9.17) is 11.6 Å². The number of carbonyl (C=O) groups is 1. The van der Waals surface area contributed by atoms with Gasteiger partial charge in [0.1, 0.15) is 0 Å². The Morgan fingerprint density at radius 3 is 2.46 bits per heavy atom. The highest BCUT2D eigenvalue weighted by atomic mass is 35.5. The van der Waals surface area contributed by atoms with Crippen LogP contribution in [0.4, 0.5) is 0 Å². The molecule has 0 aliphatic carbocycles. The van der Waals surface area contributed by atoms with E-state index in [0.29, 0.717) is 21.5 Å². The predicted molar refractivity (Wildman–Crippen MR) is 91.6 cm³/mol. The highest BCUT2D eigenvalue weighted by Gasteiger charge is 2.24. The van der Waals surface area contributed by atoms with Crippen molar-refractivity contribution >= 4 is 38.5 Å². The van der Waals surface area contributed by atoms with Gasteiger partial charge in [0.05, 0.1) is 10.4 Å². The molecule has 0 aliphatic heterocycles. The van der Waals surface area contributed by atoms with Crippen molar-refractivity contribution in [3.63, 3.8) is 0 Å². The number of carboxylic acids is 1. The number of rotatable bonds is 4. The first-order valence-electron chi connectivity index (χ1n) is 6.93. The molecule has 0 aliphatic rings. The fourth-order valence-corrected chi connectivity index (χ4v) is 3.77. The molecule has 124 valence electrons. The molecule has 0 radical (unpaired) electrons. The number of hydrogen-bond acceptors (Lipinski definition) is 3. The lowest BCUT2D eigenvalue weighted by molar-refractivity contribution is 0.0687. The Kier molecular flexibility index (Phi) is 3.98. The van der Waals surface area contributed by atoms with E-state index in [1.807, 2.05) is 0 Å². The maximum atomic E-state index is 12.5. The van der Waals surface area contributed by atoms with Crippen molar-refractivity contribution in [3.8, 4) is 0 Å². The van der Waals surface area contributed by atoms with Crippen molar-refractivity contribution in [2.45, 2.75) is 11.8 Å². The molecule has 1 heterocycles. The van der Waals surface area contributed by atoms with E-state index >= 15 is 0 Å². The van der Waals surface area contributed by atoms with Crippen molar-refractivity contribution in [1.82, 2.24) is 4.68 Å². The van der Waals surface area contributed by atoms with Gasteiger partial charge < -0.3 is 5.11 Å². The van der Waals surface area contributed by atoms with Gasteiger partial charge in [-0.3, -0.25) is 0 Å². The van der Waals surface area contributed by atoms with Gasteiger partial charge in [-0.25, -0.2) is 14.3 Å². The number of aromatic carboxylic acids is 1. The molecule has 0 bridgehead atoms. The van der Waals surface area contributed by atoms with Crippen LogP contribution in [0.2, 0.25) is 5.02 Å². The summed E-state index contributed by atoms with van der Waals surface area (Å²) in [5, 5.41) is 10.5. The first-order chi connectivity index (χ1) is 11.3. The van der Waals surface area contributed by atoms with Gasteiger partial charge in [-0.2, -0.15) is 8.42 Å². The Morgan fingerprint density at radius 1 is 1.17 bits per heavy atom. The van der Waals surface area contributed by atoms with Crippen molar-refractivity contribution < 1.29 is 18.3 Å². The lowest BCUT2D eigenvalue weighted by atomic mass is 10.1. The lowest BCUT2D eigenvalue weighted by Gasteiger charge is -2.12. The second-order valence-electron chi connectivity index (χ2n) is 5.18. The number of nitrogens with one attached hydrogen (secondary N) is 1. The molecule has 3 aromatic rings. The molecule has 24 heavy (non-hydrogen) atoms. The van der Waals surface area contributed by atoms with Gasteiger partial charge in [0.15, 0.2) is 5.69 Å². The van der Waals surface area contributed by atoms with Crippen LogP contribution in [-0.2, 0) is 10.0 Å². The van der Waals surface area contributed by atoms with Gasteiger partial charge >= 0.3 is 5.97 Å². The Balaban J connectivity index is 2.23. The molecule has 0 saturated heterocycles. The summed E-state index contributed by atoms with van der Waals surface area (Å²) in [7, 11) is -3.94. The SMILES string of the molecule is Cc1c(C(=O)O)n(NS(=O)(=O)c2ccccc2)c2ccc(Cl)cc12. The number of hydrogen-bond donors (Lipinski definition) is 2. The van der Waals surface area contributed by atoms with Gasteiger partial charge in [0, 0.05) is 10.4 Å². The number of aryl methyl sites for hydroxylation is 1. The number of nitrogens with zero attached hydrogens (tertiary/aromatic N) is 1. The second-order valence-corrected chi connectivity index (χ2v) is 7.28. The number of benzene rings is 2. The topological polar surface area (TPSA) is 88.4 Å². The fourth-order valence-electron chi connectivity index (χ4n) is 2.54. The average molecular weight is 365 g/mol. The van der Waals surface area contributed by atoms with Crippen LogP contribution in [0.3, 0.4) is 0 Å². The fraction of sp³-hybridized carbons (Fsp3) is 0.0625. The average Bonchev–Trinajstić information content (AvgIpc) is 2.80. The predicted octanol–water partition coefficient (Wildman–Crippen LogP) is 3.23. The lowest BCUT2D eigenvalue weighted by Crippen LogP contribution is -2.26. The standard InChI is InChI=1S/C16H13ClN2O4S/c1-10-13-9-11(17)7-8-14(13)19(15(10)16(20)21)18-24(22,23)12-5-3-2-4-6-12/h2-9,18H,1H3,(H,20,21). The Morgan fingerprint density at radius 2 is 1.83 bits per heavy atom. The molecule has 2 aromatic carbocycles. The number of carboxylic acid groups (broad SMARTS) is 1. The Hall–Kier alpha value is -2.51. The van der Waals surface area contributed by atoms with E-state index < -0.39 is 16.0 Å². The number of aromatic nitrogens is 1. The third-order valence-corrected chi connectivity index (χ3v) is 5.20. The van der Waals surface area contributed by atoms with Gasteiger partial charge in [-0.05, 0) is 42.8 Å². The monoisotopic (exact) mass is 364 g/mol. The number of halogens is 1. The highest BCUT2D eigenvalue weighted by Crippen LogP contribution is 2.28. The van der Waals surface area contributed by atoms with E-state index in [1.54, 1.807) is 43.3 Å². The summed E-state index contributed by atoms with van der Waals surface area (Å²) < 4.78 is 26.2. The maximum Gasteiger partial charge on any atom is 0.354 e. The summed E-state index contributed by atoms with van der Waals surface area (Å²) in [6, 6.07) is 12.5. The molecule has 0 saturated carbocycles. The van der Waals surface area contributed by atoms with Gasteiger partial charge in [0.25, 0.3) is 10.0 Å². The minimum atomic E-state index is -3.94. The largest absolute Gasteiger partial charge is 0.477 e. The van der Waals surface area contributed by atoms with Crippen molar-refractivity contribution in [1.29, 1.82) is 0 Å². The smallest absolute Gasteiger partial charge is 0.354 e. The third-order valence-electron chi connectivity index (χ3n) is 3.65. The maximum absolute atomic E-state index is 12.5. The Bertz CT molecular complexity index is 1040. The van der Waals surface area contributed by atoms with Crippen molar-refractivity contribution in [3.05, 3.63) is 64.8 Å². The van der Waals surface area contributed by atoms with E-state index in [2.05, 4.69) is 4.83 Å². The molecule has 8 heteroatoms. The summed E-state index contributed by atoms with van der Waals surface area (Å²) in [6.07, 6.45) is 0. The van der Waals surface area contributed by atoms with E-state index in [1.165, 1.54) is 12.1 Å². The summed E-state index contributed by atoms with van der Waals surface area (Å²) in [4.78, 5) is 14.0. The molecular formula is C16H13ClN2O4S. The molecule has 3 rings (SSSR count). The Labute approximate surface area is 143 Å². The molecule has 2 N–H and O–H groups in total. The number of fused-ring (bicyclic) bond motifs is 1. The van der Waals surface area contributed by atoms with Crippen LogP contribution in [0.25, 0.3) is 10.9 Å². The first kappa shape index (κ1) is 16.4. The van der Waals surface area contributed by atoms with Crippen LogP contribution in [0.1, 0.15) is 16.1 Å². The zero-order valence-corrected chi connectivity index (χ0v) is 14.1. The van der Waals surface area contributed by atoms with E-state index in [0.717, 1.165) is 4.68 Å². The number of sulfonamides is 1. The second kappa shape index (κ2) is 5.85. The normalized spacial score (nSPS) is 11.6. The van der Waals surface area contributed by atoms with Crippen molar-refractivity contribution in [2.75, 3.05) is 4.83 Å². The molecular weight excluding hydrogens is 352 g/mol. The molecule has 0 amide bonds. The van der Waals surface area contributed by atoms with Gasteiger partial charge in [-0.15, -0.1) is 0 Å². The highest BCUT2D eigenvalue weighted by molar-refractivity contribution is 7.92. The summed E-state index contributed by atoms with van der Waals surface area (Å²) in [6.45, 7) is 1.61. The molecule has 6 nitrogen and oxygen atoms in total. The summed E-state index contributed by atoms with van der Waals surface area (Å²) in [5.41, 5.74) is 0.677. The quantitative estimate of drug-likeness (QED) is 0.743. The van der Waals surface area contributed by atoms with Crippen LogP contribution < -0.4 is 4.83 Å². The van der Waals surface area contributed by atoms with E-state index in [-0.39, 0.29) is 10.6 Å². The van der Waals surface area contributed by atoms with Crippen LogP contribution >= 0.6 is 11.6 Å². The molecule has 0 unspecified atom stereocenters. The van der Waals surface area contributed by atoms with Crippen LogP contribution in [0, 0.1) is 6.92 Å². The zero-order chi connectivity index (χ0) is 17.5. The summed E-state index contributed by atoms with van der Waals surface area (Å²) >= 11 is 5.97. The first-order valence-corrected chi connectivity index (χ1v) is 8.79. The summed E-state index contributed by atoms with van der Waals surface area (Å²) in [5.74, 6) is -1.24. The van der Waals surface area contributed by atoms with Crippen LogP contribution in [0.5, 0.6) is 0 Å². The van der Waals surface area contributed by atoms with Crippen LogP contribution in [0.15, 0.2) is 53.4 Å². The molecule has 1 aromatic heterocycles. The minimum absolute atomic E-state index is 0.0369. The minimum Gasteiger partial charge on any atom is -0.477 e. The van der Waals surface area contributed by atoms with Gasteiger partial charge in [-0.1, -0.05) is 29.8 Å². The van der Waals surface area contributed by atoms with Crippen LogP contribution in [-0.4, -0.2) is 24.2 Å². The molecule has 0 atom stereocenters. The third kappa shape index (κ3) is 2.72.